The summed E-state index contributed by atoms with van der Waals surface area (Å²) >= 11 is 7.79. The first-order chi connectivity index (χ1) is 8.08. The number of thiophene rings is 1. The molecule has 0 spiro atoms. The molecule has 0 aliphatic heterocycles. The van der Waals surface area contributed by atoms with Crippen LogP contribution in [0.4, 0.5) is 0 Å². The summed E-state index contributed by atoms with van der Waals surface area (Å²) in [6.45, 7) is 1.87. The summed E-state index contributed by atoms with van der Waals surface area (Å²) < 4.78 is 1.74. The number of aliphatic hydroxyl groups excluding tert-OH is 1. The normalized spacial score (nSPS) is 12.9. The average molecular weight is 271 g/mol. The van der Waals surface area contributed by atoms with E-state index in [1.165, 1.54) is 0 Å². The van der Waals surface area contributed by atoms with Crippen molar-refractivity contribution in [2.75, 3.05) is 0 Å². The molecule has 1 unspecified atom stereocenters. The maximum Gasteiger partial charge on any atom is 0.0847 e. The van der Waals surface area contributed by atoms with Crippen LogP contribution in [0.25, 0.3) is 0 Å². The molecule has 5 heteroatoms. The van der Waals surface area contributed by atoms with Crippen LogP contribution < -0.4 is 0 Å². The Morgan fingerprint density at radius 1 is 1.53 bits per heavy atom. The molecule has 0 fully saturated rings. The number of rotatable bonds is 4. The largest absolute Gasteiger partial charge is 0.392 e. The molecule has 0 amide bonds. The Kier molecular flexibility index (Phi) is 3.86. The molecule has 0 saturated carbocycles. The highest BCUT2D eigenvalue weighted by Gasteiger charge is 2.15. The third-order valence-electron chi connectivity index (χ3n) is 2.74. The predicted octanol–water partition coefficient (Wildman–Crippen LogP) is 2.59. The second-order valence-electron chi connectivity index (χ2n) is 4.16. The zero-order valence-electron chi connectivity index (χ0n) is 9.85. The van der Waals surface area contributed by atoms with Crippen LogP contribution in [0.1, 0.15) is 17.0 Å². The lowest BCUT2D eigenvalue weighted by Gasteiger charge is -2.10. The molecule has 0 radical (unpaired) electrons. The molecule has 0 aliphatic carbocycles. The SMILES string of the molecule is Cc1nn(C)c(CC(O)Cc2ccsc2)c1Cl. The molecular formula is C12H15ClN2OS. The fourth-order valence-electron chi connectivity index (χ4n) is 1.88. The van der Waals surface area contributed by atoms with Crippen LogP contribution in [0.15, 0.2) is 16.8 Å². The molecule has 2 aromatic heterocycles. The molecular weight excluding hydrogens is 256 g/mol. The van der Waals surface area contributed by atoms with E-state index in [4.69, 9.17) is 11.6 Å². The van der Waals surface area contributed by atoms with Gasteiger partial charge in [0.15, 0.2) is 0 Å². The van der Waals surface area contributed by atoms with E-state index in [0.717, 1.165) is 17.0 Å². The Bertz CT molecular complexity index is 493. The van der Waals surface area contributed by atoms with Crippen molar-refractivity contribution in [2.24, 2.45) is 7.05 Å². The summed E-state index contributed by atoms with van der Waals surface area (Å²) in [5.41, 5.74) is 2.87. The maximum atomic E-state index is 10.0. The zero-order valence-corrected chi connectivity index (χ0v) is 11.4. The smallest absolute Gasteiger partial charge is 0.0847 e. The summed E-state index contributed by atoms with van der Waals surface area (Å²) in [5, 5.41) is 19.0. The summed E-state index contributed by atoms with van der Waals surface area (Å²) in [6, 6.07) is 2.03. The summed E-state index contributed by atoms with van der Waals surface area (Å²) in [7, 11) is 1.85. The Morgan fingerprint density at radius 3 is 2.82 bits per heavy atom. The minimum atomic E-state index is -0.420. The summed E-state index contributed by atoms with van der Waals surface area (Å²) in [6.07, 6.45) is 0.771. The van der Waals surface area contributed by atoms with Crippen molar-refractivity contribution >= 4 is 22.9 Å². The molecule has 0 saturated heterocycles. The monoisotopic (exact) mass is 270 g/mol. The fourth-order valence-corrected chi connectivity index (χ4v) is 2.80. The third-order valence-corrected chi connectivity index (χ3v) is 3.97. The van der Waals surface area contributed by atoms with Crippen LogP contribution in [-0.4, -0.2) is 21.0 Å². The van der Waals surface area contributed by atoms with Crippen molar-refractivity contribution in [2.45, 2.75) is 25.9 Å². The first-order valence-corrected chi connectivity index (χ1v) is 6.77. The number of aromatic nitrogens is 2. The molecule has 2 rings (SSSR count). The van der Waals surface area contributed by atoms with Gasteiger partial charge in [-0.2, -0.15) is 16.4 Å². The van der Waals surface area contributed by atoms with Crippen molar-refractivity contribution in [3.05, 3.63) is 38.8 Å². The van der Waals surface area contributed by atoms with Gasteiger partial charge in [-0.15, -0.1) is 0 Å². The second-order valence-corrected chi connectivity index (χ2v) is 5.32. The van der Waals surface area contributed by atoms with Gasteiger partial charge in [-0.1, -0.05) is 11.6 Å². The number of aliphatic hydroxyl groups is 1. The van der Waals surface area contributed by atoms with E-state index < -0.39 is 6.10 Å². The number of halogens is 1. The quantitative estimate of drug-likeness (QED) is 0.927. The Labute approximate surface area is 110 Å². The molecule has 0 aliphatic rings. The highest BCUT2D eigenvalue weighted by molar-refractivity contribution is 7.07. The van der Waals surface area contributed by atoms with Gasteiger partial charge < -0.3 is 5.11 Å². The summed E-state index contributed by atoms with van der Waals surface area (Å²) in [4.78, 5) is 0. The van der Waals surface area contributed by atoms with Crippen LogP contribution in [0.3, 0.4) is 0 Å². The molecule has 3 nitrogen and oxygen atoms in total. The molecule has 1 N–H and O–H groups in total. The first-order valence-electron chi connectivity index (χ1n) is 5.45. The Balaban J connectivity index is 2.05. The second kappa shape index (κ2) is 5.21. The number of aryl methyl sites for hydroxylation is 2. The Hall–Kier alpha value is -0.840. The standard InChI is InChI=1S/C12H15ClN2OS/c1-8-12(13)11(15(2)14-8)6-10(16)5-9-3-4-17-7-9/h3-4,7,10,16H,5-6H2,1-2H3. The first kappa shape index (κ1) is 12.6. The fraction of sp³-hybridized carbons (Fsp3) is 0.417. The molecule has 2 heterocycles. The van der Waals surface area contributed by atoms with Gasteiger partial charge in [0.1, 0.15) is 0 Å². The number of hydrogen-bond donors (Lipinski definition) is 1. The van der Waals surface area contributed by atoms with Gasteiger partial charge in [0.2, 0.25) is 0 Å². The molecule has 92 valence electrons. The highest BCUT2D eigenvalue weighted by atomic mass is 35.5. The minimum absolute atomic E-state index is 0.420. The minimum Gasteiger partial charge on any atom is -0.392 e. The van der Waals surface area contributed by atoms with Crippen molar-refractivity contribution < 1.29 is 5.11 Å². The van der Waals surface area contributed by atoms with E-state index in [1.54, 1.807) is 16.0 Å². The van der Waals surface area contributed by atoms with Crippen LogP contribution in [0.2, 0.25) is 5.02 Å². The lowest BCUT2D eigenvalue weighted by molar-refractivity contribution is 0.173. The lowest BCUT2D eigenvalue weighted by atomic mass is 10.1. The average Bonchev–Trinajstić information content (AvgIpc) is 2.83. The van der Waals surface area contributed by atoms with Gasteiger partial charge in [0.05, 0.1) is 22.5 Å². The van der Waals surface area contributed by atoms with Crippen molar-refractivity contribution in [1.29, 1.82) is 0 Å². The van der Waals surface area contributed by atoms with Crippen LogP contribution >= 0.6 is 22.9 Å². The third kappa shape index (κ3) is 2.89. The Morgan fingerprint density at radius 2 is 2.29 bits per heavy atom. The molecule has 2 aromatic rings. The van der Waals surface area contributed by atoms with Gasteiger partial charge in [-0.05, 0) is 35.7 Å². The van der Waals surface area contributed by atoms with Crippen molar-refractivity contribution in [3.63, 3.8) is 0 Å². The van der Waals surface area contributed by atoms with Crippen LogP contribution in [-0.2, 0) is 19.9 Å². The number of hydrogen-bond acceptors (Lipinski definition) is 3. The maximum absolute atomic E-state index is 10.0. The van der Waals surface area contributed by atoms with Gasteiger partial charge in [-0.25, -0.2) is 0 Å². The zero-order chi connectivity index (χ0) is 12.4. The predicted molar refractivity (Wildman–Crippen MR) is 70.7 cm³/mol. The van der Waals surface area contributed by atoms with E-state index >= 15 is 0 Å². The van der Waals surface area contributed by atoms with Gasteiger partial charge in [0.25, 0.3) is 0 Å². The van der Waals surface area contributed by atoms with Crippen LogP contribution in [0, 0.1) is 6.92 Å². The van der Waals surface area contributed by atoms with Gasteiger partial charge >= 0.3 is 0 Å². The van der Waals surface area contributed by atoms with Crippen molar-refractivity contribution in [1.82, 2.24) is 9.78 Å². The molecule has 17 heavy (non-hydrogen) atoms. The molecule has 1 atom stereocenters. The van der Waals surface area contributed by atoms with E-state index in [2.05, 4.69) is 10.5 Å². The van der Waals surface area contributed by atoms with Crippen LogP contribution in [0.5, 0.6) is 0 Å². The highest BCUT2D eigenvalue weighted by Crippen LogP contribution is 2.21. The molecule has 0 bridgehead atoms. The van der Waals surface area contributed by atoms with E-state index in [9.17, 15) is 5.11 Å². The van der Waals surface area contributed by atoms with E-state index in [0.29, 0.717) is 17.9 Å². The van der Waals surface area contributed by atoms with Gasteiger partial charge in [0, 0.05) is 13.5 Å². The topological polar surface area (TPSA) is 38.0 Å². The van der Waals surface area contributed by atoms with E-state index in [-0.39, 0.29) is 0 Å². The lowest BCUT2D eigenvalue weighted by Crippen LogP contribution is -2.16. The number of nitrogens with zero attached hydrogens (tertiary/aromatic N) is 2. The van der Waals surface area contributed by atoms with Gasteiger partial charge in [-0.3, -0.25) is 4.68 Å². The van der Waals surface area contributed by atoms with Crippen molar-refractivity contribution in [3.8, 4) is 0 Å². The van der Waals surface area contributed by atoms with E-state index in [1.807, 2.05) is 25.4 Å². The molecule has 0 aromatic carbocycles. The summed E-state index contributed by atoms with van der Waals surface area (Å²) in [5.74, 6) is 0.